The zero-order valence-corrected chi connectivity index (χ0v) is 20.9. The molecule has 0 bridgehead atoms. The highest BCUT2D eigenvalue weighted by atomic mass is 32.2. The van der Waals surface area contributed by atoms with Crippen LogP contribution in [0.2, 0.25) is 0 Å². The highest BCUT2D eigenvalue weighted by Crippen LogP contribution is 2.27. The molecule has 2 aromatic carbocycles. The van der Waals surface area contributed by atoms with E-state index in [0.29, 0.717) is 18.8 Å². The number of sulfonamides is 1. The first kappa shape index (κ1) is 25.0. The molecule has 188 valence electrons. The molecular weight excluding hydrogens is 466 g/mol. The van der Waals surface area contributed by atoms with Crippen LogP contribution in [0.1, 0.15) is 72.1 Å². The van der Waals surface area contributed by atoms with Gasteiger partial charge in [0.1, 0.15) is 5.75 Å². The maximum Gasteiger partial charge on any atom is 0.261 e. The van der Waals surface area contributed by atoms with Gasteiger partial charge in [-0.3, -0.25) is 14.3 Å². The van der Waals surface area contributed by atoms with E-state index >= 15 is 0 Å². The number of methoxy groups -OCH3 is 1. The van der Waals surface area contributed by atoms with Crippen molar-refractivity contribution < 1.29 is 22.7 Å². The lowest BCUT2D eigenvalue weighted by Gasteiger charge is -2.27. The van der Waals surface area contributed by atoms with Crippen molar-refractivity contribution in [3.8, 4) is 5.75 Å². The summed E-state index contributed by atoms with van der Waals surface area (Å²) in [4.78, 5) is 27.7. The monoisotopic (exact) mass is 499 g/mol. The second-order valence-electron chi connectivity index (χ2n) is 9.17. The summed E-state index contributed by atoms with van der Waals surface area (Å²) in [6.45, 7) is 1.28. The van der Waals surface area contributed by atoms with E-state index in [1.807, 2.05) is 0 Å². The number of hydrogen-bond donors (Lipinski definition) is 2. The Bertz CT molecular complexity index is 1170. The number of nitrogens with zero attached hydrogens (tertiary/aromatic N) is 1. The topological polar surface area (TPSA) is 105 Å². The van der Waals surface area contributed by atoms with Crippen LogP contribution in [0, 0.1) is 0 Å². The third-order valence-electron chi connectivity index (χ3n) is 6.71. The molecule has 1 aliphatic heterocycles. The molecule has 4 rings (SSSR count). The molecule has 8 nitrogen and oxygen atoms in total. The molecule has 1 heterocycles. The molecule has 1 aliphatic carbocycles. The number of anilines is 1. The summed E-state index contributed by atoms with van der Waals surface area (Å²) in [5, 5.41) is 3.04. The molecule has 2 aromatic rings. The van der Waals surface area contributed by atoms with Gasteiger partial charge < -0.3 is 15.0 Å². The normalized spacial score (nSPS) is 17.0. The minimum atomic E-state index is -4.07. The van der Waals surface area contributed by atoms with Gasteiger partial charge >= 0.3 is 0 Å². The number of nitrogens with one attached hydrogen (secondary N) is 2. The Morgan fingerprint density at radius 1 is 0.914 bits per heavy atom. The number of likely N-dealkylation sites (tertiary alicyclic amines) is 1. The van der Waals surface area contributed by atoms with Crippen molar-refractivity contribution in [2.45, 2.75) is 62.3 Å². The predicted octanol–water partition coefficient (Wildman–Crippen LogP) is 4.18. The van der Waals surface area contributed by atoms with Crippen LogP contribution in [-0.2, 0) is 10.0 Å². The first-order chi connectivity index (χ1) is 16.9. The van der Waals surface area contributed by atoms with Gasteiger partial charge in [0, 0.05) is 19.1 Å². The average molecular weight is 500 g/mol. The van der Waals surface area contributed by atoms with Gasteiger partial charge in [-0.25, -0.2) is 8.42 Å². The predicted molar refractivity (Wildman–Crippen MR) is 134 cm³/mol. The molecule has 0 unspecified atom stereocenters. The lowest BCUT2D eigenvalue weighted by molar-refractivity contribution is 0.0720. The summed E-state index contributed by atoms with van der Waals surface area (Å²) in [6, 6.07) is 10.9. The Morgan fingerprint density at radius 2 is 1.60 bits per heavy atom. The summed E-state index contributed by atoms with van der Waals surface area (Å²) in [5.74, 6) is -0.219. The molecule has 0 spiro atoms. The number of amides is 2. The van der Waals surface area contributed by atoms with Crippen molar-refractivity contribution in [2.24, 2.45) is 0 Å². The largest absolute Gasteiger partial charge is 0.496 e. The minimum Gasteiger partial charge on any atom is -0.496 e. The van der Waals surface area contributed by atoms with Crippen LogP contribution in [0.3, 0.4) is 0 Å². The van der Waals surface area contributed by atoms with Crippen LogP contribution in [0.4, 0.5) is 5.69 Å². The van der Waals surface area contributed by atoms with E-state index in [1.165, 1.54) is 31.7 Å². The third kappa shape index (κ3) is 5.96. The molecule has 0 radical (unpaired) electrons. The number of carbonyl (C=O) groups excluding carboxylic acids is 2. The van der Waals surface area contributed by atoms with Crippen molar-refractivity contribution >= 4 is 27.5 Å². The lowest BCUT2D eigenvalue weighted by Crippen LogP contribution is -2.36. The van der Waals surface area contributed by atoms with Crippen LogP contribution < -0.4 is 14.8 Å². The Labute approximate surface area is 207 Å². The number of ether oxygens (including phenoxy) is 1. The molecule has 0 atom stereocenters. The number of piperidine rings is 1. The molecule has 2 fully saturated rings. The SMILES string of the molecule is COc1ccc(S(=O)(=O)Nc2ccccc2C(=O)NC2CCCCC2)cc1C(=O)N1CCCCC1. The average Bonchev–Trinajstić information content (AvgIpc) is 2.89. The molecule has 35 heavy (non-hydrogen) atoms. The third-order valence-corrected chi connectivity index (χ3v) is 8.07. The van der Waals surface area contributed by atoms with Gasteiger partial charge in [0.25, 0.3) is 21.8 Å². The number of carbonyl (C=O) groups is 2. The van der Waals surface area contributed by atoms with Crippen LogP contribution in [0.15, 0.2) is 47.4 Å². The summed E-state index contributed by atoms with van der Waals surface area (Å²) < 4.78 is 34.5. The molecule has 1 saturated heterocycles. The summed E-state index contributed by atoms with van der Waals surface area (Å²) in [5.41, 5.74) is 0.668. The van der Waals surface area contributed by atoms with E-state index < -0.39 is 10.0 Å². The maximum atomic E-state index is 13.3. The number of benzene rings is 2. The highest BCUT2D eigenvalue weighted by molar-refractivity contribution is 7.92. The summed E-state index contributed by atoms with van der Waals surface area (Å²) in [6.07, 6.45) is 8.11. The van der Waals surface area contributed by atoms with Gasteiger partial charge in [-0.05, 0) is 62.4 Å². The standard InChI is InChI=1S/C26H33N3O5S/c1-34-24-15-14-20(18-22(24)26(31)29-16-8-3-9-17-29)35(32,33)28-23-13-7-6-12-21(23)25(30)27-19-10-4-2-5-11-19/h6-7,12-15,18-19,28H,2-5,8-11,16-17H2,1H3,(H,27,30). The van der Waals surface area contributed by atoms with Crippen LogP contribution in [0.5, 0.6) is 5.75 Å². The maximum absolute atomic E-state index is 13.3. The quantitative estimate of drug-likeness (QED) is 0.595. The van der Waals surface area contributed by atoms with Crippen LogP contribution in [0.25, 0.3) is 0 Å². The van der Waals surface area contributed by atoms with Crippen molar-refractivity contribution in [1.82, 2.24) is 10.2 Å². The van der Waals surface area contributed by atoms with Gasteiger partial charge in [0.2, 0.25) is 0 Å². The zero-order valence-electron chi connectivity index (χ0n) is 20.1. The highest BCUT2D eigenvalue weighted by Gasteiger charge is 2.26. The zero-order chi connectivity index (χ0) is 24.8. The molecule has 0 aromatic heterocycles. The number of rotatable bonds is 7. The van der Waals surface area contributed by atoms with Crippen LogP contribution >= 0.6 is 0 Å². The fourth-order valence-corrected chi connectivity index (χ4v) is 5.88. The van der Waals surface area contributed by atoms with E-state index in [1.54, 1.807) is 29.2 Å². The second-order valence-corrected chi connectivity index (χ2v) is 10.9. The van der Waals surface area contributed by atoms with Gasteiger partial charge in [-0.15, -0.1) is 0 Å². The van der Waals surface area contributed by atoms with E-state index in [0.717, 1.165) is 44.9 Å². The Balaban J connectivity index is 1.57. The fraction of sp³-hybridized carbons (Fsp3) is 0.462. The molecule has 9 heteroatoms. The lowest BCUT2D eigenvalue weighted by atomic mass is 9.95. The molecule has 2 aliphatic rings. The summed E-state index contributed by atoms with van der Waals surface area (Å²) in [7, 11) is -2.62. The molecule has 1 saturated carbocycles. The first-order valence-electron chi connectivity index (χ1n) is 12.3. The summed E-state index contributed by atoms with van der Waals surface area (Å²) >= 11 is 0. The Hall–Kier alpha value is -3.07. The van der Waals surface area contributed by atoms with Gasteiger partial charge in [0.05, 0.1) is 28.8 Å². The van der Waals surface area contributed by atoms with E-state index in [2.05, 4.69) is 10.0 Å². The Kier molecular flexibility index (Phi) is 7.95. The van der Waals surface area contributed by atoms with Crippen molar-refractivity contribution in [2.75, 3.05) is 24.9 Å². The minimum absolute atomic E-state index is 0.0684. The number of para-hydroxylation sites is 1. The van der Waals surface area contributed by atoms with E-state index in [4.69, 9.17) is 4.74 Å². The molecule has 2 N–H and O–H groups in total. The first-order valence-corrected chi connectivity index (χ1v) is 13.8. The number of hydrogen-bond acceptors (Lipinski definition) is 5. The van der Waals surface area contributed by atoms with Crippen molar-refractivity contribution in [3.63, 3.8) is 0 Å². The Morgan fingerprint density at radius 3 is 2.31 bits per heavy atom. The van der Waals surface area contributed by atoms with Crippen molar-refractivity contribution in [3.05, 3.63) is 53.6 Å². The molecule has 2 amide bonds. The van der Waals surface area contributed by atoms with Gasteiger partial charge in [-0.2, -0.15) is 0 Å². The molecular formula is C26H33N3O5S. The van der Waals surface area contributed by atoms with E-state index in [9.17, 15) is 18.0 Å². The van der Waals surface area contributed by atoms with Crippen LogP contribution in [-0.4, -0.2) is 51.4 Å². The van der Waals surface area contributed by atoms with Gasteiger partial charge in [0.15, 0.2) is 0 Å². The second kappa shape index (κ2) is 11.1. The van der Waals surface area contributed by atoms with Crippen molar-refractivity contribution in [1.29, 1.82) is 0 Å². The van der Waals surface area contributed by atoms with E-state index in [-0.39, 0.29) is 39.6 Å². The fourth-order valence-electron chi connectivity index (χ4n) is 4.77. The van der Waals surface area contributed by atoms with Gasteiger partial charge in [-0.1, -0.05) is 31.4 Å². The smallest absolute Gasteiger partial charge is 0.261 e.